The van der Waals surface area contributed by atoms with Gasteiger partial charge in [-0.05, 0) is 66.9 Å². The average molecular weight is 496 g/mol. The molecule has 184 valence electrons. The lowest BCUT2D eigenvalue weighted by atomic mass is 10.1. The molecule has 1 saturated heterocycles. The third kappa shape index (κ3) is 5.80. The van der Waals surface area contributed by atoms with Crippen LogP contribution in [0, 0.1) is 0 Å². The minimum atomic E-state index is -3.89. The summed E-state index contributed by atoms with van der Waals surface area (Å²) in [6, 6.07) is 16.6. The predicted octanol–water partition coefficient (Wildman–Crippen LogP) is 3.74. The Morgan fingerprint density at radius 2 is 1.94 bits per heavy atom. The number of aromatic nitrogens is 1. The van der Waals surface area contributed by atoms with Crippen LogP contribution in [0.4, 0.5) is 5.69 Å². The van der Waals surface area contributed by atoms with Crippen molar-refractivity contribution in [3.63, 3.8) is 0 Å². The van der Waals surface area contributed by atoms with Crippen LogP contribution in [0.1, 0.15) is 28.8 Å². The SMILES string of the molecule is COc1ccc(N(C)S(=O)(=O)c2cccc(C(=O)N(Cc3cccnc3)CC3CCCO3)c2)cc1. The number of hydrogen-bond acceptors (Lipinski definition) is 6. The first kappa shape index (κ1) is 24.7. The molecule has 8 nitrogen and oxygen atoms in total. The summed E-state index contributed by atoms with van der Waals surface area (Å²) in [6.07, 6.45) is 5.22. The molecular weight excluding hydrogens is 466 g/mol. The summed E-state index contributed by atoms with van der Waals surface area (Å²) in [5, 5.41) is 0. The second-order valence-corrected chi connectivity index (χ2v) is 10.3. The van der Waals surface area contributed by atoms with Crippen molar-refractivity contribution in [3.05, 3.63) is 84.2 Å². The van der Waals surface area contributed by atoms with Gasteiger partial charge in [-0.1, -0.05) is 12.1 Å². The molecule has 35 heavy (non-hydrogen) atoms. The molecule has 1 aliphatic heterocycles. The Morgan fingerprint density at radius 3 is 2.60 bits per heavy atom. The molecule has 1 fully saturated rings. The number of carbonyl (C=O) groups excluding carboxylic acids is 1. The molecule has 2 aromatic carbocycles. The molecule has 1 unspecified atom stereocenters. The molecule has 0 N–H and O–H groups in total. The van der Waals surface area contributed by atoms with E-state index < -0.39 is 10.0 Å². The van der Waals surface area contributed by atoms with E-state index in [9.17, 15) is 13.2 Å². The van der Waals surface area contributed by atoms with E-state index in [1.165, 1.54) is 23.5 Å². The second-order valence-electron chi connectivity index (χ2n) is 8.38. The number of ether oxygens (including phenoxy) is 2. The quantitative estimate of drug-likeness (QED) is 0.449. The minimum Gasteiger partial charge on any atom is -0.497 e. The zero-order chi connectivity index (χ0) is 24.8. The highest BCUT2D eigenvalue weighted by molar-refractivity contribution is 7.92. The number of hydrogen-bond donors (Lipinski definition) is 0. The highest BCUT2D eigenvalue weighted by Gasteiger charge is 2.26. The summed E-state index contributed by atoms with van der Waals surface area (Å²) in [4.78, 5) is 19.4. The number of pyridine rings is 1. The lowest BCUT2D eigenvalue weighted by Gasteiger charge is -2.26. The molecule has 3 aromatic rings. The van der Waals surface area contributed by atoms with Crippen LogP contribution in [0.3, 0.4) is 0 Å². The molecule has 4 rings (SSSR count). The van der Waals surface area contributed by atoms with Gasteiger partial charge < -0.3 is 14.4 Å². The number of sulfonamides is 1. The van der Waals surface area contributed by atoms with Crippen LogP contribution in [-0.2, 0) is 21.3 Å². The van der Waals surface area contributed by atoms with Crippen LogP contribution in [0.25, 0.3) is 0 Å². The smallest absolute Gasteiger partial charge is 0.264 e. The first-order valence-corrected chi connectivity index (χ1v) is 12.9. The highest BCUT2D eigenvalue weighted by Crippen LogP contribution is 2.25. The van der Waals surface area contributed by atoms with Gasteiger partial charge in [-0.3, -0.25) is 14.1 Å². The number of benzene rings is 2. The van der Waals surface area contributed by atoms with Crippen LogP contribution in [0.2, 0.25) is 0 Å². The summed E-state index contributed by atoms with van der Waals surface area (Å²) in [5.41, 5.74) is 1.68. The van der Waals surface area contributed by atoms with E-state index >= 15 is 0 Å². The summed E-state index contributed by atoms with van der Waals surface area (Å²) in [6.45, 7) is 1.47. The van der Waals surface area contributed by atoms with Crippen molar-refractivity contribution in [1.82, 2.24) is 9.88 Å². The summed E-state index contributed by atoms with van der Waals surface area (Å²) >= 11 is 0. The number of rotatable bonds is 9. The fraction of sp³-hybridized carbons (Fsp3) is 0.308. The number of carbonyl (C=O) groups is 1. The van der Waals surface area contributed by atoms with Gasteiger partial charge in [0.15, 0.2) is 0 Å². The second kappa shape index (κ2) is 10.9. The van der Waals surface area contributed by atoms with E-state index in [1.807, 2.05) is 12.1 Å². The van der Waals surface area contributed by atoms with Crippen molar-refractivity contribution < 1.29 is 22.7 Å². The third-order valence-corrected chi connectivity index (χ3v) is 7.79. The van der Waals surface area contributed by atoms with Crippen molar-refractivity contribution in [3.8, 4) is 5.75 Å². The molecule has 9 heteroatoms. The van der Waals surface area contributed by atoms with E-state index in [0.717, 1.165) is 18.4 Å². The zero-order valence-corrected chi connectivity index (χ0v) is 20.6. The maximum Gasteiger partial charge on any atom is 0.264 e. The maximum absolute atomic E-state index is 13.6. The fourth-order valence-electron chi connectivity index (χ4n) is 4.03. The normalized spacial score (nSPS) is 15.5. The Bertz CT molecular complexity index is 1240. The first-order chi connectivity index (χ1) is 16.9. The van der Waals surface area contributed by atoms with Crippen LogP contribution < -0.4 is 9.04 Å². The van der Waals surface area contributed by atoms with E-state index in [-0.39, 0.29) is 16.9 Å². The first-order valence-electron chi connectivity index (χ1n) is 11.4. The zero-order valence-electron chi connectivity index (χ0n) is 19.8. The Balaban J connectivity index is 1.59. The third-order valence-electron chi connectivity index (χ3n) is 6.01. The van der Waals surface area contributed by atoms with Gasteiger partial charge in [-0.25, -0.2) is 8.42 Å². The van der Waals surface area contributed by atoms with E-state index in [2.05, 4.69) is 4.98 Å². The molecule has 0 aliphatic carbocycles. The van der Waals surface area contributed by atoms with Crippen molar-refractivity contribution >= 4 is 21.6 Å². The van der Waals surface area contributed by atoms with Gasteiger partial charge in [-0.2, -0.15) is 0 Å². The van der Waals surface area contributed by atoms with Crippen molar-refractivity contribution in [1.29, 1.82) is 0 Å². The Morgan fingerprint density at radius 1 is 1.14 bits per heavy atom. The predicted molar refractivity (Wildman–Crippen MR) is 133 cm³/mol. The van der Waals surface area contributed by atoms with Gasteiger partial charge in [0.05, 0.1) is 23.8 Å². The molecule has 0 spiro atoms. The molecule has 1 atom stereocenters. The number of methoxy groups -OCH3 is 1. The van der Waals surface area contributed by atoms with Gasteiger partial charge in [0.25, 0.3) is 15.9 Å². The van der Waals surface area contributed by atoms with Crippen molar-refractivity contribution in [2.24, 2.45) is 0 Å². The van der Waals surface area contributed by atoms with E-state index in [1.54, 1.807) is 60.8 Å². The molecular formula is C26H29N3O5S. The lowest BCUT2D eigenvalue weighted by molar-refractivity contribution is 0.0507. The summed E-state index contributed by atoms with van der Waals surface area (Å²) in [5.74, 6) is 0.376. The Hall–Kier alpha value is -3.43. The van der Waals surface area contributed by atoms with Crippen LogP contribution in [-0.4, -0.2) is 57.6 Å². The molecule has 2 heterocycles. The largest absolute Gasteiger partial charge is 0.497 e. The monoisotopic (exact) mass is 495 g/mol. The van der Waals surface area contributed by atoms with Crippen LogP contribution >= 0.6 is 0 Å². The average Bonchev–Trinajstić information content (AvgIpc) is 3.41. The lowest BCUT2D eigenvalue weighted by Crippen LogP contribution is -2.37. The standard InChI is InChI=1S/C26H29N3O5S/c1-28(22-10-12-23(33-2)13-11-22)35(31,32)25-9-3-7-21(16-25)26(30)29(19-24-8-5-15-34-24)18-20-6-4-14-27-17-20/h3-4,6-7,9-14,16-17,24H,5,8,15,18-19H2,1-2H3. The van der Waals surface area contributed by atoms with Crippen LogP contribution in [0.5, 0.6) is 5.75 Å². The Kier molecular flexibility index (Phi) is 7.67. The topological polar surface area (TPSA) is 89.0 Å². The molecule has 1 amide bonds. The number of anilines is 1. The van der Waals surface area contributed by atoms with Gasteiger partial charge in [0.1, 0.15) is 5.75 Å². The summed E-state index contributed by atoms with van der Waals surface area (Å²) < 4.78 is 38.8. The molecule has 0 radical (unpaired) electrons. The van der Waals surface area contributed by atoms with Gasteiger partial charge in [0, 0.05) is 44.7 Å². The van der Waals surface area contributed by atoms with Gasteiger partial charge >= 0.3 is 0 Å². The number of amides is 1. The highest BCUT2D eigenvalue weighted by atomic mass is 32.2. The minimum absolute atomic E-state index is 0.0382. The van der Waals surface area contributed by atoms with Gasteiger partial charge in [0.2, 0.25) is 0 Å². The molecule has 1 aliphatic rings. The summed E-state index contributed by atoms with van der Waals surface area (Å²) in [7, 11) is -0.854. The molecule has 0 saturated carbocycles. The van der Waals surface area contributed by atoms with Crippen molar-refractivity contribution in [2.75, 3.05) is 31.6 Å². The van der Waals surface area contributed by atoms with E-state index in [0.29, 0.717) is 36.7 Å². The van der Waals surface area contributed by atoms with Gasteiger partial charge in [-0.15, -0.1) is 0 Å². The Labute approximate surface area is 206 Å². The molecule has 0 bridgehead atoms. The van der Waals surface area contributed by atoms with Crippen molar-refractivity contribution in [2.45, 2.75) is 30.4 Å². The fourth-order valence-corrected chi connectivity index (χ4v) is 5.27. The number of nitrogens with zero attached hydrogens (tertiary/aromatic N) is 3. The molecule has 1 aromatic heterocycles. The van der Waals surface area contributed by atoms with E-state index in [4.69, 9.17) is 9.47 Å². The van der Waals surface area contributed by atoms with Crippen LogP contribution in [0.15, 0.2) is 78.0 Å². The maximum atomic E-state index is 13.6.